The molecule has 2 fully saturated rings. The van der Waals surface area contributed by atoms with E-state index in [1.54, 1.807) is 0 Å². The van der Waals surface area contributed by atoms with Crippen molar-refractivity contribution in [3.63, 3.8) is 0 Å². The molecule has 1 aliphatic carbocycles. The maximum atomic E-state index is 5.50. The van der Waals surface area contributed by atoms with Crippen molar-refractivity contribution >= 4 is 0 Å². The maximum Gasteiger partial charge on any atom is 0.243 e. The first-order valence-corrected chi connectivity index (χ1v) is 9.13. The van der Waals surface area contributed by atoms with Gasteiger partial charge in [0, 0.05) is 38.6 Å². The summed E-state index contributed by atoms with van der Waals surface area (Å²) in [5, 5.41) is 4.15. The Balaban J connectivity index is 1.26. The molecule has 5 heteroatoms. The van der Waals surface area contributed by atoms with Gasteiger partial charge in [-0.3, -0.25) is 4.90 Å². The highest BCUT2D eigenvalue weighted by molar-refractivity contribution is 5.14. The number of benzene rings is 1. The molecule has 2 aliphatic rings. The SMILES string of the molecule is CC(c1nc(C2CC2)no1)N1CCN(CCc2ccccc2)CC1. The van der Waals surface area contributed by atoms with Gasteiger partial charge in [-0.1, -0.05) is 35.5 Å². The Labute approximate surface area is 143 Å². The molecule has 0 bridgehead atoms. The lowest BCUT2D eigenvalue weighted by Gasteiger charge is -2.36. The molecule has 2 heterocycles. The van der Waals surface area contributed by atoms with E-state index in [0.717, 1.165) is 50.9 Å². The van der Waals surface area contributed by atoms with Crippen molar-refractivity contribution in [3.8, 4) is 0 Å². The molecular formula is C19H26N4O. The number of nitrogens with zero attached hydrogens (tertiary/aromatic N) is 4. The van der Waals surface area contributed by atoms with Gasteiger partial charge in [-0.05, 0) is 31.7 Å². The normalized spacial score (nSPS) is 21.0. The summed E-state index contributed by atoms with van der Waals surface area (Å²) in [6.45, 7) is 7.68. The van der Waals surface area contributed by atoms with E-state index in [2.05, 4.69) is 57.2 Å². The fraction of sp³-hybridized carbons (Fsp3) is 0.579. The highest BCUT2D eigenvalue weighted by Gasteiger charge is 2.31. The Hall–Kier alpha value is -1.72. The van der Waals surface area contributed by atoms with Crippen LogP contribution in [0.2, 0.25) is 0 Å². The van der Waals surface area contributed by atoms with Crippen LogP contribution in [0.3, 0.4) is 0 Å². The van der Waals surface area contributed by atoms with E-state index >= 15 is 0 Å². The number of piperazine rings is 1. The fourth-order valence-electron chi connectivity index (χ4n) is 3.39. The number of hydrogen-bond acceptors (Lipinski definition) is 5. The third-order valence-corrected chi connectivity index (χ3v) is 5.27. The van der Waals surface area contributed by atoms with Crippen molar-refractivity contribution in [3.05, 3.63) is 47.6 Å². The van der Waals surface area contributed by atoms with Crippen molar-refractivity contribution in [1.29, 1.82) is 0 Å². The zero-order chi connectivity index (χ0) is 16.4. The molecule has 1 unspecified atom stereocenters. The maximum absolute atomic E-state index is 5.50. The largest absolute Gasteiger partial charge is 0.338 e. The lowest BCUT2D eigenvalue weighted by molar-refractivity contribution is 0.0890. The molecule has 24 heavy (non-hydrogen) atoms. The summed E-state index contributed by atoms with van der Waals surface area (Å²) >= 11 is 0. The van der Waals surface area contributed by atoms with Crippen molar-refractivity contribution in [2.24, 2.45) is 0 Å². The van der Waals surface area contributed by atoms with Crippen molar-refractivity contribution in [2.75, 3.05) is 32.7 Å². The first-order valence-electron chi connectivity index (χ1n) is 9.13. The van der Waals surface area contributed by atoms with Gasteiger partial charge in [0.2, 0.25) is 5.89 Å². The van der Waals surface area contributed by atoms with Crippen LogP contribution in [0.1, 0.15) is 49.0 Å². The van der Waals surface area contributed by atoms with Crippen LogP contribution in [-0.2, 0) is 6.42 Å². The van der Waals surface area contributed by atoms with Crippen LogP contribution >= 0.6 is 0 Å². The molecule has 1 saturated heterocycles. The third-order valence-electron chi connectivity index (χ3n) is 5.27. The van der Waals surface area contributed by atoms with Gasteiger partial charge in [0.15, 0.2) is 5.82 Å². The Morgan fingerprint density at radius 3 is 2.58 bits per heavy atom. The van der Waals surface area contributed by atoms with Gasteiger partial charge in [-0.15, -0.1) is 0 Å². The van der Waals surface area contributed by atoms with Gasteiger partial charge in [0.1, 0.15) is 0 Å². The molecule has 0 N–H and O–H groups in total. The van der Waals surface area contributed by atoms with Crippen LogP contribution in [0.4, 0.5) is 0 Å². The van der Waals surface area contributed by atoms with E-state index in [1.165, 1.54) is 18.4 Å². The van der Waals surface area contributed by atoms with Crippen LogP contribution in [-0.4, -0.2) is 52.7 Å². The molecule has 128 valence electrons. The van der Waals surface area contributed by atoms with Gasteiger partial charge >= 0.3 is 0 Å². The molecule has 0 amide bonds. The molecule has 0 spiro atoms. The zero-order valence-corrected chi connectivity index (χ0v) is 14.4. The second kappa shape index (κ2) is 7.03. The van der Waals surface area contributed by atoms with E-state index in [0.29, 0.717) is 5.92 Å². The monoisotopic (exact) mass is 326 g/mol. The van der Waals surface area contributed by atoms with E-state index in [4.69, 9.17) is 4.52 Å². The van der Waals surface area contributed by atoms with Gasteiger partial charge in [-0.2, -0.15) is 4.98 Å². The molecule has 1 aromatic carbocycles. The zero-order valence-electron chi connectivity index (χ0n) is 14.4. The predicted molar refractivity (Wildman–Crippen MR) is 92.8 cm³/mol. The van der Waals surface area contributed by atoms with Gasteiger partial charge in [0.25, 0.3) is 0 Å². The van der Waals surface area contributed by atoms with Crippen LogP contribution in [0.15, 0.2) is 34.9 Å². The van der Waals surface area contributed by atoms with Crippen LogP contribution in [0, 0.1) is 0 Å². The minimum atomic E-state index is 0.223. The summed E-state index contributed by atoms with van der Waals surface area (Å²) in [4.78, 5) is 9.63. The van der Waals surface area contributed by atoms with Gasteiger partial charge in [-0.25, -0.2) is 0 Å². The third kappa shape index (κ3) is 3.68. The van der Waals surface area contributed by atoms with E-state index in [9.17, 15) is 0 Å². The highest BCUT2D eigenvalue weighted by Crippen LogP contribution is 2.38. The fourth-order valence-corrected chi connectivity index (χ4v) is 3.39. The summed E-state index contributed by atoms with van der Waals surface area (Å²) in [5.41, 5.74) is 1.42. The molecule has 4 rings (SSSR count). The Kier molecular flexibility index (Phi) is 4.63. The Morgan fingerprint density at radius 2 is 1.88 bits per heavy atom. The second-order valence-electron chi connectivity index (χ2n) is 7.05. The summed E-state index contributed by atoms with van der Waals surface area (Å²) in [6, 6.07) is 11.0. The van der Waals surface area contributed by atoms with Crippen LogP contribution in [0.25, 0.3) is 0 Å². The highest BCUT2D eigenvalue weighted by atomic mass is 16.5. The van der Waals surface area contributed by atoms with Crippen molar-refractivity contribution in [2.45, 2.75) is 38.1 Å². The molecular weight excluding hydrogens is 300 g/mol. The van der Waals surface area contributed by atoms with E-state index in [-0.39, 0.29) is 6.04 Å². The summed E-state index contributed by atoms with van der Waals surface area (Å²) in [5.74, 6) is 2.26. The average molecular weight is 326 g/mol. The Morgan fingerprint density at radius 1 is 1.12 bits per heavy atom. The number of rotatable bonds is 6. The standard InChI is InChI=1S/C19H26N4O/c1-15(19-20-18(21-24-19)17-7-8-17)23-13-11-22(12-14-23)10-9-16-5-3-2-4-6-16/h2-6,15,17H,7-14H2,1H3. The second-order valence-corrected chi connectivity index (χ2v) is 7.05. The smallest absolute Gasteiger partial charge is 0.243 e. The van der Waals surface area contributed by atoms with Crippen molar-refractivity contribution < 1.29 is 4.52 Å². The Bertz CT molecular complexity index is 644. The van der Waals surface area contributed by atoms with Crippen LogP contribution in [0.5, 0.6) is 0 Å². The predicted octanol–water partition coefficient (Wildman–Crippen LogP) is 2.87. The quantitative estimate of drug-likeness (QED) is 0.817. The molecule has 5 nitrogen and oxygen atoms in total. The topological polar surface area (TPSA) is 45.4 Å². The summed E-state index contributed by atoms with van der Waals surface area (Å²) in [6.07, 6.45) is 3.56. The number of hydrogen-bond donors (Lipinski definition) is 0. The lowest BCUT2D eigenvalue weighted by atomic mass is 10.1. The van der Waals surface area contributed by atoms with Crippen LogP contribution < -0.4 is 0 Å². The summed E-state index contributed by atoms with van der Waals surface area (Å²) in [7, 11) is 0. The minimum Gasteiger partial charge on any atom is -0.338 e. The molecule has 1 aliphatic heterocycles. The van der Waals surface area contributed by atoms with Gasteiger partial charge in [0.05, 0.1) is 6.04 Å². The van der Waals surface area contributed by atoms with E-state index in [1.807, 2.05) is 0 Å². The first kappa shape index (κ1) is 15.8. The van der Waals surface area contributed by atoms with Gasteiger partial charge < -0.3 is 9.42 Å². The van der Waals surface area contributed by atoms with E-state index < -0.39 is 0 Å². The molecule has 1 saturated carbocycles. The summed E-state index contributed by atoms with van der Waals surface area (Å²) < 4.78 is 5.50. The molecule has 0 radical (unpaired) electrons. The first-order chi connectivity index (χ1) is 11.8. The minimum absolute atomic E-state index is 0.223. The van der Waals surface area contributed by atoms with Crippen molar-refractivity contribution in [1.82, 2.24) is 19.9 Å². The number of aromatic nitrogens is 2. The molecule has 2 aromatic rings. The molecule has 1 atom stereocenters. The molecule has 1 aromatic heterocycles. The average Bonchev–Trinajstić information content (AvgIpc) is 3.38. The lowest BCUT2D eigenvalue weighted by Crippen LogP contribution is -2.47.